The number of carbonyl (C=O) groups is 2. The Labute approximate surface area is 111 Å². The summed E-state index contributed by atoms with van der Waals surface area (Å²) >= 11 is 5.81. The fourth-order valence-corrected chi connectivity index (χ4v) is 1.43. The first kappa shape index (κ1) is 14.3. The normalized spacial score (nSPS) is 10.3. The fourth-order valence-electron chi connectivity index (χ4n) is 1.23. The SMILES string of the molecule is COC(=O)CCNC(=O)/C=C\c1cccc(Cl)c1. The first-order chi connectivity index (χ1) is 8.61. The zero-order valence-corrected chi connectivity index (χ0v) is 10.7. The van der Waals surface area contributed by atoms with Gasteiger partial charge in [0.1, 0.15) is 0 Å². The highest BCUT2D eigenvalue weighted by atomic mass is 35.5. The van der Waals surface area contributed by atoms with E-state index in [2.05, 4.69) is 10.1 Å². The van der Waals surface area contributed by atoms with Gasteiger partial charge in [-0.05, 0) is 23.8 Å². The highest BCUT2D eigenvalue weighted by molar-refractivity contribution is 6.30. The minimum absolute atomic E-state index is 0.160. The monoisotopic (exact) mass is 267 g/mol. The van der Waals surface area contributed by atoms with Crippen molar-refractivity contribution >= 4 is 29.6 Å². The van der Waals surface area contributed by atoms with Crippen LogP contribution in [-0.4, -0.2) is 25.5 Å². The Morgan fingerprint density at radius 2 is 2.22 bits per heavy atom. The Morgan fingerprint density at radius 3 is 2.89 bits per heavy atom. The second-order valence-electron chi connectivity index (χ2n) is 3.51. The van der Waals surface area contributed by atoms with Crippen molar-refractivity contribution in [2.24, 2.45) is 0 Å². The lowest BCUT2D eigenvalue weighted by Gasteiger charge is -2.00. The average Bonchev–Trinajstić information content (AvgIpc) is 2.36. The molecule has 1 rings (SSSR count). The number of ether oxygens (including phenoxy) is 1. The zero-order chi connectivity index (χ0) is 13.4. The Morgan fingerprint density at radius 1 is 1.44 bits per heavy atom. The number of hydrogen-bond acceptors (Lipinski definition) is 3. The van der Waals surface area contributed by atoms with Crippen molar-refractivity contribution < 1.29 is 14.3 Å². The molecule has 96 valence electrons. The first-order valence-corrected chi connectivity index (χ1v) is 5.78. The number of halogens is 1. The third-order valence-electron chi connectivity index (χ3n) is 2.13. The van der Waals surface area contributed by atoms with Gasteiger partial charge in [0.2, 0.25) is 5.91 Å². The largest absolute Gasteiger partial charge is 0.469 e. The predicted octanol–water partition coefficient (Wildman–Crippen LogP) is 2.03. The van der Waals surface area contributed by atoms with Crippen LogP contribution in [0.25, 0.3) is 6.08 Å². The van der Waals surface area contributed by atoms with E-state index < -0.39 is 0 Å². The van der Waals surface area contributed by atoms with Crippen molar-refractivity contribution in [1.29, 1.82) is 0 Å². The van der Waals surface area contributed by atoms with Crippen LogP contribution in [0.5, 0.6) is 0 Å². The topological polar surface area (TPSA) is 55.4 Å². The molecular weight excluding hydrogens is 254 g/mol. The van der Waals surface area contributed by atoms with Gasteiger partial charge in [-0.3, -0.25) is 9.59 Å². The second kappa shape index (κ2) is 7.50. The number of methoxy groups -OCH3 is 1. The van der Waals surface area contributed by atoms with E-state index in [1.54, 1.807) is 24.3 Å². The van der Waals surface area contributed by atoms with Gasteiger partial charge in [0.25, 0.3) is 0 Å². The van der Waals surface area contributed by atoms with Crippen LogP contribution in [0.3, 0.4) is 0 Å². The van der Waals surface area contributed by atoms with Crippen LogP contribution in [0.15, 0.2) is 30.3 Å². The number of nitrogens with one attached hydrogen (secondary N) is 1. The van der Waals surface area contributed by atoms with E-state index >= 15 is 0 Å². The lowest BCUT2D eigenvalue weighted by Crippen LogP contribution is -2.24. The van der Waals surface area contributed by atoms with Crippen molar-refractivity contribution in [3.8, 4) is 0 Å². The molecule has 0 aromatic heterocycles. The van der Waals surface area contributed by atoms with Gasteiger partial charge in [-0.25, -0.2) is 0 Å². The van der Waals surface area contributed by atoms with E-state index in [9.17, 15) is 9.59 Å². The first-order valence-electron chi connectivity index (χ1n) is 5.40. The Balaban J connectivity index is 2.38. The van der Waals surface area contributed by atoms with E-state index in [4.69, 9.17) is 11.6 Å². The number of carbonyl (C=O) groups excluding carboxylic acids is 2. The summed E-state index contributed by atoms with van der Waals surface area (Å²) < 4.78 is 4.45. The molecule has 0 fully saturated rings. The van der Waals surface area contributed by atoms with Gasteiger partial charge < -0.3 is 10.1 Å². The Bertz CT molecular complexity index is 457. The summed E-state index contributed by atoms with van der Waals surface area (Å²) in [5.41, 5.74) is 0.839. The average molecular weight is 268 g/mol. The molecule has 0 bridgehead atoms. The van der Waals surface area contributed by atoms with Crippen LogP contribution in [-0.2, 0) is 14.3 Å². The van der Waals surface area contributed by atoms with Crippen molar-refractivity contribution in [2.45, 2.75) is 6.42 Å². The van der Waals surface area contributed by atoms with Gasteiger partial charge in [-0.1, -0.05) is 23.7 Å². The summed E-state index contributed by atoms with van der Waals surface area (Å²) in [6.07, 6.45) is 3.20. The third kappa shape index (κ3) is 5.50. The molecule has 0 unspecified atom stereocenters. The summed E-state index contributed by atoms with van der Waals surface area (Å²) in [6, 6.07) is 7.15. The van der Waals surface area contributed by atoms with Crippen molar-refractivity contribution in [3.05, 3.63) is 40.9 Å². The van der Waals surface area contributed by atoms with Crippen LogP contribution in [0.4, 0.5) is 0 Å². The van der Waals surface area contributed by atoms with Crippen LogP contribution >= 0.6 is 11.6 Å². The molecule has 0 radical (unpaired) electrons. The molecule has 18 heavy (non-hydrogen) atoms. The fraction of sp³-hybridized carbons (Fsp3) is 0.231. The van der Waals surface area contributed by atoms with Gasteiger partial charge in [0.15, 0.2) is 0 Å². The molecule has 4 nitrogen and oxygen atoms in total. The molecule has 1 aromatic rings. The van der Waals surface area contributed by atoms with Gasteiger partial charge in [0, 0.05) is 17.6 Å². The molecule has 0 atom stereocenters. The molecule has 1 aromatic carbocycles. The molecule has 1 N–H and O–H groups in total. The number of amides is 1. The smallest absolute Gasteiger partial charge is 0.307 e. The quantitative estimate of drug-likeness (QED) is 0.656. The van der Waals surface area contributed by atoms with E-state index in [0.717, 1.165) is 5.56 Å². The lowest BCUT2D eigenvalue weighted by atomic mass is 10.2. The number of benzene rings is 1. The van der Waals surface area contributed by atoms with E-state index in [1.807, 2.05) is 6.07 Å². The number of esters is 1. The zero-order valence-electron chi connectivity index (χ0n) is 9.98. The minimum Gasteiger partial charge on any atom is -0.469 e. The van der Waals surface area contributed by atoms with Crippen molar-refractivity contribution in [2.75, 3.05) is 13.7 Å². The van der Waals surface area contributed by atoms with Crippen molar-refractivity contribution in [3.63, 3.8) is 0 Å². The van der Waals surface area contributed by atoms with Crippen LogP contribution < -0.4 is 5.32 Å². The molecular formula is C13H14ClNO3. The summed E-state index contributed by atoms with van der Waals surface area (Å²) in [4.78, 5) is 22.2. The molecule has 0 saturated heterocycles. The Kier molecular flexibility index (Phi) is 5.94. The van der Waals surface area contributed by atoms with Crippen molar-refractivity contribution in [1.82, 2.24) is 5.32 Å². The molecule has 0 aliphatic rings. The number of hydrogen-bond donors (Lipinski definition) is 1. The second-order valence-corrected chi connectivity index (χ2v) is 3.94. The minimum atomic E-state index is -0.353. The predicted molar refractivity (Wildman–Crippen MR) is 70.1 cm³/mol. The third-order valence-corrected chi connectivity index (χ3v) is 2.37. The molecule has 0 aliphatic carbocycles. The molecule has 0 saturated carbocycles. The maximum atomic E-state index is 11.4. The highest BCUT2D eigenvalue weighted by Crippen LogP contribution is 2.11. The molecule has 0 aliphatic heterocycles. The molecule has 0 spiro atoms. The number of rotatable bonds is 5. The Hall–Kier alpha value is -1.81. The van der Waals surface area contributed by atoms with E-state index in [-0.39, 0.29) is 24.8 Å². The van der Waals surface area contributed by atoms with Gasteiger partial charge in [0.05, 0.1) is 13.5 Å². The van der Waals surface area contributed by atoms with Gasteiger partial charge in [-0.2, -0.15) is 0 Å². The van der Waals surface area contributed by atoms with Gasteiger partial charge in [-0.15, -0.1) is 0 Å². The summed E-state index contributed by atoms with van der Waals surface area (Å²) in [5, 5.41) is 3.19. The summed E-state index contributed by atoms with van der Waals surface area (Å²) in [7, 11) is 1.31. The summed E-state index contributed by atoms with van der Waals surface area (Å²) in [6.45, 7) is 0.255. The summed E-state index contributed by atoms with van der Waals surface area (Å²) in [5.74, 6) is -0.618. The maximum absolute atomic E-state index is 11.4. The molecule has 0 heterocycles. The van der Waals surface area contributed by atoms with E-state index in [1.165, 1.54) is 13.2 Å². The molecule has 5 heteroatoms. The standard InChI is InChI=1S/C13H14ClNO3/c1-18-13(17)7-8-15-12(16)6-5-10-3-2-4-11(14)9-10/h2-6,9H,7-8H2,1H3,(H,15,16)/b6-5-. The highest BCUT2D eigenvalue weighted by Gasteiger charge is 2.00. The van der Waals surface area contributed by atoms with E-state index in [0.29, 0.717) is 5.02 Å². The lowest BCUT2D eigenvalue weighted by molar-refractivity contribution is -0.140. The van der Waals surface area contributed by atoms with Crippen LogP contribution in [0.1, 0.15) is 12.0 Å². The van der Waals surface area contributed by atoms with Crippen LogP contribution in [0, 0.1) is 0 Å². The van der Waals surface area contributed by atoms with Gasteiger partial charge >= 0.3 is 5.97 Å². The molecule has 1 amide bonds. The maximum Gasteiger partial charge on any atom is 0.307 e. The van der Waals surface area contributed by atoms with Crippen LogP contribution in [0.2, 0.25) is 5.02 Å².